The maximum Gasteiger partial charge on any atom is 0.409 e. The lowest BCUT2D eigenvalue weighted by molar-refractivity contribution is 0.160. The first kappa shape index (κ1) is 15.2. The number of aromatic nitrogens is 2. The number of carbonyl (C=O) groups excluding carboxylic acids is 1. The van der Waals surface area contributed by atoms with Crippen molar-refractivity contribution >= 4 is 39.4 Å². The molecule has 23 heavy (non-hydrogen) atoms. The van der Waals surface area contributed by atoms with Crippen LogP contribution in [0.3, 0.4) is 0 Å². The zero-order chi connectivity index (χ0) is 15.8. The van der Waals surface area contributed by atoms with Crippen LogP contribution in [0.5, 0.6) is 0 Å². The van der Waals surface area contributed by atoms with E-state index in [2.05, 4.69) is 16.9 Å². The fraction of sp³-hybridized carbons (Fsp3) is 0.562. The van der Waals surface area contributed by atoms with E-state index in [0.717, 1.165) is 27.9 Å². The van der Waals surface area contributed by atoms with E-state index in [-0.39, 0.29) is 6.09 Å². The molecule has 1 aliphatic heterocycles. The molecule has 0 aromatic carbocycles. The summed E-state index contributed by atoms with van der Waals surface area (Å²) >= 11 is 3.55. The Morgan fingerprint density at radius 2 is 2.39 bits per heavy atom. The molecular formula is C16H19N3O2S2. The molecule has 0 radical (unpaired) electrons. The largest absolute Gasteiger partial charge is 0.448 e. The van der Waals surface area contributed by atoms with Gasteiger partial charge in [0.05, 0.1) is 6.54 Å². The first-order valence-corrected chi connectivity index (χ1v) is 9.82. The summed E-state index contributed by atoms with van der Waals surface area (Å²) in [4.78, 5) is 24.8. The van der Waals surface area contributed by atoms with Crippen LogP contribution in [0.25, 0.3) is 10.2 Å². The van der Waals surface area contributed by atoms with Crippen LogP contribution in [0.2, 0.25) is 0 Å². The third kappa shape index (κ3) is 2.92. The molecule has 2 aromatic heterocycles. The number of cyclic esters (lactones) is 1. The van der Waals surface area contributed by atoms with Gasteiger partial charge in [-0.25, -0.2) is 14.8 Å². The number of hydrogen-bond acceptors (Lipinski definition) is 6. The second-order valence-corrected chi connectivity index (χ2v) is 8.33. The highest BCUT2D eigenvalue weighted by Crippen LogP contribution is 2.40. The number of rotatable bonds is 4. The number of amides is 1. The molecule has 0 saturated carbocycles. The monoisotopic (exact) mass is 349 g/mol. The number of ether oxygens (including phenoxy) is 1. The molecule has 1 aliphatic carbocycles. The van der Waals surface area contributed by atoms with E-state index < -0.39 is 0 Å². The maximum atomic E-state index is 11.5. The predicted molar refractivity (Wildman–Crippen MR) is 92.2 cm³/mol. The number of thioether (sulfide) groups is 1. The molecule has 3 heterocycles. The van der Waals surface area contributed by atoms with Crippen LogP contribution in [0.4, 0.5) is 4.79 Å². The Bertz CT molecular complexity index is 746. The van der Waals surface area contributed by atoms with Crippen molar-refractivity contribution in [2.24, 2.45) is 5.92 Å². The standard InChI is InChI=1S/C16H19N3O2S2/c1-10-2-3-11-12(8-10)23-15-13(11)14(17-9-18-15)22-7-5-19-4-6-21-16(19)20/h9-10H,2-8H2,1H3/t10-/m0/s1. The Morgan fingerprint density at radius 3 is 3.22 bits per heavy atom. The van der Waals surface area contributed by atoms with E-state index in [9.17, 15) is 4.79 Å². The molecule has 1 amide bonds. The molecule has 4 rings (SSSR count). The summed E-state index contributed by atoms with van der Waals surface area (Å²) in [5.41, 5.74) is 1.46. The van der Waals surface area contributed by atoms with Crippen LogP contribution in [-0.4, -0.2) is 46.4 Å². The van der Waals surface area contributed by atoms with Gasteiger partial charge in [0, 0.05) is 22.6 Å². The van der Waals surface area contributed by atoms with Gasteiger partial charge in [0.15, 0.2) is 0 Å². The highest BCUT2D eigenvalue weighted by Gasteiger charge is 2.24. The number of thiophene rings is 1. The molecule has 122 valence electrons. The quantitative estimate of drug-likeness (QED) is 0.626. The van der Waals surface area contributed by atoms with Crippen LogP contribution in [-0.2, 0) is 17.6 Å². The summed E-state index contributed by atoms with van der Waals surface area (Å²) in [6, 6.07) is 0. The summed E-state index contributed by atoms with van der Waals surface area (Å²) in [5.74, 6) is 1.60. The fourth-order valence-corrected chi connectivity index (χ4v) is 5.64. The average Bonchev–Trinajstić information content (AvgIpc) is 3.10. The molecule has 0 bridgehead atoms. The van der Waals surface area contributed by atoms with Gasteiger partial charge < -0.3 is 9.64 Å². The highest BCUT2D eigenvalue weighted by atomic mass is 32.2. The van der Waals surface area contributed by atoms with Gasteiger partial charge in [-0.3, -0.25) is 0 Å². The molecule has 1 fully saturated rings. The van der Waals surface area contributed by atoms with Crippen LogP contribution in [0.1, 0.15) is 23.8 Å². The number of nitrogens with zero attached hydrogens (tertiary/aromatic N) is 3. The van der Waals surface area contributed by atoms with Crippen molar-refractivity contribution in [3.63, 3.8) is 0 Å². The van der Waals surface area contributed by atoms with Crippen molar-refractivity contribution in [2.75, 3.05) is 25.4 Å². The topological polar surface area (TPSA) is 55.3 Å². The van der Waals surface area contributed by atoms with E-state index in [1.807, 2.05) is 11.3 Å². The first-order chi connectivity index (χ1) is 11.2. The maximum absolute atomic E-state index is 11.5. The molecular weight excluding hydrogens is 330 g/mol. The Balaban J connectivity index is 1.54. The van der Waals surface area contributed by atoms with Crippen molar-refractivity contribution in [1.29, 1.82) is 0 Å². The second-order valence-electron chi connectivity index (χ2n) is 6.16. The van der Waals surface area contributed by atoms with Crippen LogP contribution < -0.4 is 0 Å². The van der Waals surface area contributed by atoms with Crippen molar-refractivity contribution in [3.8, 4) is 0 Å². The van der Waals surface area contributed by atoms with Crippen molar-refractivity contribution in [2.45, 2.75) is 31.2 Å². The normalized spacial score (nSPS) is 20.8. The summed E-state index contributed by atoms with van der Waals surface area (Å²) in [6.45, 7) is 4.24. The average molecular weight is 349 g/mol. The van der Waals surface area contributed by atoms with E-state index >= 15 is 0 Å². The lowest BCUT2D eigenvalue weighted by Crippen LogP contribution is -2.26. The Labute approximate surface area is 143 Å². The summed E-state index contributed by atoms with van der Waals surface area (Å²) in [7, 11) is 0. The zero-order valence-corrected chi connectivity index (χ0v) is 14.7. The lowest BCUT2D eigenvalue weighted by Gasteiger charge is -2.18. The smallest absolute Gasteiger partial charge is 0.409 e. The lowest BCUT2D eigenvalue weighted by atomic mass is 9.89. The SMILES string of the molecule is C[C@H]1CCc2c(sc3ncnc(SCCN4CCOC4=O)c23)C1. The third-order valence-corrected chi connectivity index (χ3v) is 6.63. The van der Waals surface area contributed by atoms with Crippen LogP contribution in [0, 0.1) is 5.92 Å². The second kappa shape index (κ2) is 6.28. The minimum atomic E-state index is -0.194. The Kier molecular flexibility index (Phi) is 4.15. The molecule has 1 saturated heterocycles. The molecule has 0 spiro atoms. The molecule has 5 nitrogen and oxygen atoms in total. The number of carbonyl (C=O) groups is 1. The Hall–Kier alpha value is -1.34. The minimum Gasteiger partial charge on any atom is -0.448 e. The van der Waals surface area contributed by atoms with Gasteiger partial charge in [0.2, 0.25) is 0 Å². The van der Waals surface area contributed by atoms with Gasteiger partial charge in [-0.05, 0) is 30.7 Å². The van der Waals surface area contributed by atoms with Gasteiger partial charge >= 0.3 is 6.09 Å². The van der Waals surface area contributed by atoms with Gasteiger partial charge in [0.1, 0.15) is 22.8 Å². The minimum absolute atomic E-state index is 0.194. The van der Waals surface area contributed by atoms with Gasteiger partial charge in [-0.2, -0.15) is 0 Å². The van der Waals surface area contributed by atoms with Crippen molar-refractivity contribution in [1.82, 2.24) is 14.9 Å². The van der Waals surface area contributed by atoms with Crippen LogP contribution >= 0.6 is 23.1 Å². The van der Waals surface area contributed by atoms with Crippen LogP contribution in [0.15, 0.2) is 11.4 Å². The van der Waals surface area contributed by atoms with E-state index in [1.165, 1.54) is 28.7 Å². The molecule has 2 aromatic rings. The Morgan fingerprint density at radius 1 is 1.48 bits per heavy atom. The molecule has 0 unspecified atom stereocenters. The highest BCUT2D eigenvalue weighted by molar-refractivity contribution is 7.99. The van der Waals surface area contributed by atoms with E-state index in [4.69, 9.17) is 4.74 Å². The zero-order valence-electron chi connectivity index (χ0n) is 13.1. The number of aryl methyl sites for hydroxylation is 1. The summed E-state index contributed by atoms with van der Waals surface area (Å²) in [6.07, 6.45) is 5.02. The van der Waals surface area contributed by atoms with Crippen molar-refractivity contribution < 1.29 is 9.53 Å². The van der Waals surface area contributed by atoms with Crippen molar-refractivity contribution in [3.05, 3.63) is 16.8 Å². The first-order valence-electron chi connectivity index (χ1n) is 8.02. The molecule has 0 N–H and O–H groups in total. The van der Waals surface area contributed by atoms with Gasteiger partial charge in [-0.15, -0.1) is 23.1 Å². The predicted octanol–water partition coefficient (Wildman–Crippen LogP) is 3.36. The molecule has 7 heteroatoms. The third-order valence-electron chi connectivity index (χ3n) is 4.50. The van der Waals surface area contributed by atoms with E-state index in [0.29, 0.717) is 19.7 Å². The van der Waals surface area contributed by atoms with E-state index in [1.54, 1.807) is 23.0 Å². The number of fused-ring (bicyclic) bond motifs is 3. The summed E-state index contributed by atoms with van der Waals surface area (Å²) in [5, 5.41) is 2.32. The fourth-order valence-electron chi connectivity index (χ4n) is 3.24. The molecule has 1 atom stereocenters. The summed E-state index contributed by atoms with van der Waals surface area (Å²) < 4.78 is 4.96. The number of hydrogen-bond donors (Lipinski definition) is 0. The van der Waals surface area contributed by atoms with Gasteiger partial charge in [-0.1, -0.05) is 6.92 Å². The van der Waals surface area contributed by atoms with Gasteiger partial charge in [0.25, 0.3) is 0 Å². The molecule has 2 aliphatic rings.